The topological polar surface area (TPSA) is 122 Å². The van der Waals surface area contributed by atoms with Crippen LogP contribution in [0.25, 0.3) is 16.6 Å². The number of hydrogen-bond acceptors (Lipinski definition) is 6. The van der Waals surface area contributed by atoms with Crippen molar-refractivity contribution < 1.29 is 9.53 Å². The standard InChI is InChI=1S/C19H16N6O2/c20-18-17(10-13-9-12(19(21)26)4-5-14(13)24-18)27-11-15-16(3-1-6-22-15)25-8-2-7-23-25/h1-10H,11H2,(H2,20,24)(H2,21,26). The molecule has 4 aromatic rings. The van der Waals surface area contributed by atoms with E-state index in [-0.39, 0.29) is 12.4 Å². The van der Waals surface area contributed by atoms with Crippen LogP contribution in [0.4, 0.5) is 5.82 Å². The van der Waals surface area contributed by atoms with Crippen LogP contribution in [0.2, 0.25) is 0 Å². The third kappa shape index (κ3) is 3.28. The summed E-state index contributed by atoms with van der Waals surface area (Å²) in [6.45, 7) is 0.183. The van der Waals surface area contributed by atoms with Crippen molar-refractivity contribution in [2.75, 3.05) is 5.73 Å². The lowest BCUT2D eigenvalue weighted by Crippen LogP contribution is -2.10. The van der Waals surface area contributed by atoms with Gasteiger partial charge in [0.1, 0.15) is 12.3 Å². The molecule has 4 N–H and O–H groups in total. The largest absolute Gasteiger partial charge is 0.483 e. The zero-order valence-electron chi connectivity index (χ0n) is 14.2. The minimum absolute atomic E-state index is 0.183. The Hall–Kier alpha value is -3.94. The summed E-state index contributed by atoms with van der Waals surface area (Å²) in [5, 5.41) is 4.94. The van der Waals surface area contributed by atoms with Crippen LogP contribution >= 0.6 is 0 Å². The zero-order valence-corrected chi connectivity index (χ0v) is 14.2. The van der Waals surface area contributed by atoms with Crippen molar-refractivity contribution in [2.24, 2.45) is 5.73 Å². The fourth-order valence-corrected chi connectivity index (χ4v) is 2.75. The summed E-state index contributed by atoms with van der Waals surface area (Å²) >= 11 is 0. The van der Waals surface area contributed by atoms with Crippen molar-refractivity contribution in [3.05, 3.63) is 72.3 Å². The first-order valence-corrected chi connectivity index (χ1v) is 8.18. The van der Waals surface area contributed by atoms with E-state index in [1.807, 2.05) is 24.4 Å². The highest BCUT2D eigenvalue weighted by Gasteiger charge is 2.11. The number of nitrogens with two attached hydrogens (primary N) is 2. The van der Waals surface area contributed by atoms with Gasteiger partial charge in [-0.15, -0.1) is 0 Å². The summed E-state index contributed by atoms with van der Waals surface area (Å²) in [7, 11) is 0. The number of nitrogens with zero attached hydrogens (tertiary/aromatic N) is 4. The Morgan fingerprint density at radius 1 is 1.15 bits per heavy atom. The third-order valence-corrected chi connectivity index (χ3v) is 4.07. The van der Waals surface area contributed by atoms with Gasteiger partial charge in [-0.2, -0.15) is 5.10 Å². The summed E-state index contributed by atoms with van der Waals surface area (Å²) in [6, 6.07) is 12.3. The normalized spacial score (nSPS) is 10.8. The molecule has 0 bridgehead atoms. The molecule has 8 nitrogen and oxygen atoms in total. The van der Waals surface area contributed by atoms with E-state index in [2.05, 4.69) is 15.1 Å². The number of nitrogen functional groups attached to an aromatic ring is 1. The van der Waals surface area contributed by atoms with E-state index in [0.717, 1.165) is 5.69 Å². The Kier molecular flexibility index (Phi) is 4.13. The first kappa shape index (κ1) is 16.5. The van der Waals surface area contributed by atoms with Crippen molar-refractivity contribution >= 4 is 22.6 Å². The maximum Gasteiger partial charge on any atom is 0.248 e. The molecule has 0 fully saturated rings. The van der Waals surface area contributed by atoms with Crippen LogP contribution in [0.15, 0.2) is 61.1 Å². The Bertz CT molecular complexity index is 1120. The van der Waals surface area contributed by atoms with Crippen molar-refractivity contribution in [3.8, 4) is 11.4 Å². The second kappa shape index (κ2) is 6.75. The van der Waals surface area contributed by atoms with E-state index in [1.165, 1.54) is 0 Å². The Morgan fingerprint density at radius 2 is 2.04 bits per heavy atom. The quantitative estimate of drug-likeness (QED) is 0.562. The van der Waals surface area contributed by atoms with E-state index in [1.54, 1.807) is 41.3 Å². The number of pyridine rings is 2. The number of aromatic nitrogens is 4. The van der Waals surface area contributed by atoms with Gasteiger partial charge in [-0.1, -0.05) is 0 Å². The predicted octanol–water partition coefficient (Wildman–Crippen LogP) is 2.08. The van der Waals surface area contributed by atoms with Crippen LogP contribution < -0.4 is 16.2 Å². The number of rotatable bonds is 5. The minimum Gasteiger partial charge on any atom is -0.483 e. The fraction of sp³-hybridized carbons (Fsp3) is 0.0526. The van der Waals surface area contributed by atoms with Gasteiger partial charge in [-0.25, -0.2) is 9.67 Å². The lowest BCUT2D eigenvalue weighted by Gasteiger charge is -2.12. The van der Waals surface area contributed by atoms with Gasteiger partial charge in [-0.05, 0) is 42.5 Å². The molecule has 1 aromatic carbocycles. The van der Waals surface area contributed by atoms with Crippen molar-refractivity contribution in [2.45, 2.75) is 6.61 Å². The number of carbonyl (C=O) groups excluding carboxylic acids is 1. The Labute approximate surface area is 154 Å². The van der Waals surface area contributed by atoms with E-state index in [9.17, 15) is 4.79 Å². The maximum atomic E-state index is 11.4. The number of amides is 1. The molecule has 0 radical (unpaired) electrons. The lowest BCUT2D eigenvalue weighted by atomic mass is 10.1. The molecule has 0 spiro atoms. The summed E-state index contributed by atoms with van der Waals surface area (Å²) in [5.74, 6) is 0.153. The molecular weight excluding hydrogens is 344 g/mol. The molecule has 0 saturated carbocycles. The first-order chi connectivity index (χ1) is 13.1. The highest BCUT2D eigenvalue weighted by atomic mass is 16.5. The van der Waals surface area contributed by atoms with Crippen LogP contribution in [0.3, 0.4) is 0 Å². The average Bonchev–Trinajstić information content (AvgIpc) is 3.20. The summed E-state index contributed by atoms with van der Waals surface area (Å²) in [6.07, 6.45) is 5.21. The molecule has 0 aliphatic heterocycles. The van der Waals surface area contributed by atoms with Gasteiger partial charge in [-0.3, -0.25) is 9.78 Å². The number of fused-ring (bicyclic) bond motifs is 1. The molecule has 0 atom stereocenters. The molecule has 134 valence electrons. The number of anilines is 1. The molecule has 0 saturated heterocycles. The van der Waals surface area contributed by atoms with Crippen LogP contribution in [-0.2, 0) is 6.61 Å². The van der Waals surface area contributed by atoms with Gasteiger partial charge in [0.25, 0.3) is 0 Å². The van der Waals surface area contributed by atoms with E-state index in [4.69, 9.17) is 16.2 Å². The van der Waals surface area contributed by atoms with Gasteiger partial charge in [0.15, 0.2) is 11.6 Å². The van der Waals surface area contributed by atoms with Crippen LogP contribution in [0, 0.1) is 0 Å². The predicted molar refractivity (Wildman–Crippen MR) is 100 cm³/mol. The van der Waals surface area contributed by atoms with E-state index >= 15 is 0 Å². The zero-order chi connectivity index (χ0) is 18.8. The van der Waals surface area contributed by atoms with Crippen LogP contribution in [-0.4, -0.2) is 25.7 Å². The molecule has 4 rings (SSSR count). The second-order valence-electron chi connectivity index (χ2n) is 5.85. The lowest BCUT2D eigenvalue weighted by molar-refractivity contribution is 0.100. The van der Waals surface area contributed by atoms with Crippen molar-refractivity contribution in [3.63, 3.8) is 0 Å². The van der Waals surface area contributed by atoms with Crippen molar-refractivity contribution in [1.82, 2.24) is 19.7 Å². The number of carbonyl (C=O) groups is 1. The van der Waals surface area contributed by atoms with Gasteiger partial charge >= 0.3 is 0 Å². The van der Waals surface area contributed by atoms with Crippen LogP contribution in [0.1, 0.15) is 16.1 Å². The minimum atomic E-state index is -0.506. The Morgan fingerprint density at radius 3 is 2.81 bits per heavy atom. The number of benzene rings is 1. The summed E-state index contributed by atoms with van der Waals surface area (Å²) in [5.41, 5.74) is 13.9. The molecule has 27 heavy (non-hydrogen) atoms. The third-order valence-electron chi connectivity index (χ3n) is 4.07. The van der Waals surface area contributed by atoms with Gasteiger partial charge < -0.3 is 16.2 Å². The highest BCUT2D eigenvalue weighted by molar-refractivity contribution is 5.97. The first-order valence-electron chi connectivity index (χ1n) is 8.18. The molecule has 3 aromatic heterocycles. The monoisotopic (exact) mass is 360 g/mol. The van der Waals surface area contributed by atoms with Crippen molar-refractivity contribution in [1.29, 1.82) is 0 Å². The number of primary amides is 1. The van der Waals surface area contributed by atoms with Gasteiger partial charge in [0, 0.05) is 29.5 Å². The summed E-state index contributed by atoms with van der Waals surface area (Å²) < 4.78 is 7.58. The molecule has 0 unspecified atom stereocenters. The molecular formula is C19H16N6O2. The smallest absolute Gasteiger partial charge is 0.248 e. The highest BCUT2D eigenvalue weighted by Crippen LogP contribution is 2.27. The average molecular weight is 360 g/mol. The van der Waals surface area contributed by atoms with Crippen LogP contribution in [0.5, 0.6) is 5.75 Å². The SMILES string of the molecule is NC(=O)c1ccc2nc(N)c(OCc3ncccc3-n3cccn3)cc2c1. The molecule has 1 amide bonds. The molecule has 0 aliphatic rings. The summed E-state index contributed by atoms with van der Waals surface area (Å²) in [4.78, 5) is 20.1. The molecule has 3 heterocycles. The van der Waals surface area contributed by atoms with Gasteiger partial charge in [0.05, 0.1) is 11.2 Å². The number of hydrogen-bond donors (Lipinski definition) is 2. The fourth-order valence-electron chi connectivity index (χ4n) is 2.75. The van der Waals surface area contributed by atoms with E-state index < -0.39 is 5.91 Å². The van der Waals surface area contributed by atoms with E-state index in [0.29, 0.717) is 27.9 Å². The molecule has 0 aliphatic carbocycles. The second-order valence-corrected chi connectivity index (χ2v) is 5.85. The maximum absolute atomic E-state index is 11.4. The Balaban J connectivity index is 1.64. The van der Waals surface area contributed by atoms with Gasteiger partial charge in [0.2, 0.25) is 5.91 Å². The molecule has 8 heteroatoms. The number of ether oxygens (including phenoxy) is 1.